The molecule has 0 fully saturated rings. The topological polar surface area (TPSA) is 66.5 Å². The van der Waals surface area contributed by atoms with Crippen LogP contribution in [0.4, 0.5) is 5.69 Å². The van der Waals surface area contributed by atoms with Gasteiger partial charge in [-0.05, 0) is 49.7 Å². The van der Waals surface area contributed by atoms with Gasteiger partial charge in [0.1, 0.15) is 0 Å². The Bertz CT molecular complexity index is 732. The van der Waals surface area contributed by atoms with E-state index in [2.05, 4.69) is 58.8 Å². The maximum atomic E-state index is 4.01. The van der Waals surface area contributed by atoms with Crippen LogP contribution in [0, 0.1) is 13.8 Å². The minimum atomic E-state index is 0.260. The van der Waals surface area contributed by atoms with Gasteiger partial charge in [0, 0.05) is 27.0 Å². The van der Waals surface area contributed by atoms with Crippen LogP contribution in [-0.4, -0.2) is 20.6 Å². The molecule has 2 N–H and O–H groups in total. The number of thiophene rings is 1. The van der Waals surface area contributed by atoms with Gasteiger partial charge in [-0.1, -0.05) is 12.1 Å². The number of benzene rings is 1. The summed E-state index contributed by atoms with van der Waals surface area (Å²) in [6.07, 6.45) is 0. The molecule has 21 heavy (non-hydrogen) atoms. The maximum absolute atomic E-state index is 4.01. The van der Waals surface area contributed by atoms with Crippen LogP contribution in [0.2, 0.25) is 0 Å². The Kier molecular flexibility index (Phi) is 3.70. The fourth-order valence-electron chi connectivity index (χ4n) is 2.44. The number of anilines is 1. The highest BCUT2D eigenvalue weighted by Crippen LogP contribution is 2.29. The van der Waals surface area contributed by atoms with E-state index in [1.807, 2.05) is 29.5 Å². The fraction of sp³-hybridized carbons (Fsp3) is 0.267. The molecule has 2 aromatic heterocycles. The van der Waals surface area contributed by atoms with E-state index in [0.717, 1.165) is 11.3 Å². The third-order valence-electron chi connectivity index (χ3n) is 3.40. The van der Waals surface area contributed by atoms with Gasteiger partial charge in [0.05, 0.1) is 0 Å². The molecule has 3 aromatic rings. The van der Waals surface area contributed by atoms with Crippen LogP contribution in [0.25, 0.3) is 11.4 Å². The summed E-state index contributed by atoms with van der Waals surface area (Å²) in [5.41, 5.74) is 3.34. The predicted molar refractivity (Wildman–Crippen MR) is 85.4 cm³/mol. The van der Waals surface area contributed by atoms with E-state index in [1.54, 1.807) is 0 Å². The molecule has 0 bridgehead atoms. The van der Waals surface area contributed by atoms with Gasteiger partial charge in [-0.3, -0.25) is 0 Å². The van der Waals surface area contributed by atoms with E-state index in [4.69, 9.17) is 0 Å². The Morgan fingerprint density at radius 1 is 1.24 bits per heavy atom. The number of aromatic nitrogens is 4. The van der Waals surface area contributed by atoms with Gasteiger partial charge in [0.25, 0.3) is 0 Å². The van der Waals surface area contributed by atoms with Gasteiger partial charge in [0.15, 0.2) is 0 Å². The molecule has 0 aliphatic carbocycles. The zero-order valence-corrected chi connectivity index (χ0v) is 13.0. The van der Waals surface area contributed by atoms with Crippen LogP contribution in [0.15, 0.2) is 30.3 Å². The molecule has 5 nitrogen and oxygen atoms in total. The highest BCUT2D eigenvalue weighted by atomic mass is 32.1. The van der Waals surface area contributed by atoms with Crippen molar-refractivity contribution in [3.63, 3.8) is 0 Å². The zero-order chi connectivity index (χ0) is 14.8. The molecule has 1 atom stereocenters. The monoisotopic (exact) mass is 299 g/mol. The lowest BCUT2D eigenvalue weighted by Crippen LogP contribution is -2.06. The Balaban J connectivity index is 1.82. The molecule has 2 heterocycles. The number of H-pyrrole nitrogens is 1. The molecular formula is C15H17N5S. The predicted octanol–water partition coefficient (Wildman–Crippen LogP) is 3.72. The maximum Gasteiger partial charge on any atom is 0.204 e. The summed E-state index contributed by atoms with van der Waals surface area (Å²) >= 11 is 1.84. The molecule has 3 rings (SSSR count). The van der Waals surface area contributed by atoms with Crippen LogP contribution in [-0.2, 0) is 0 Å². The first-order chi connectivity index (χ1) is 10.1. The first-order valence-electron chi connectivity index (χ1n) is 6.81. The lowest BCUT2D eigenvalue weighted by Gasteiger charge is -2.15. The summed E-state index contributed by atoms with van der Waals surface area (Å²) in [4.78, 5) is 2.71. The highest BCUT2D eigenvalue weighted by Gasteiger charge is 2.12. The Morgan fingerprint density at radius 2 is 2.10 bits per heavy atom. The van der Waals surface area contributed by atoms with Gasteiger partial charge in [-0.2, -0.15) is 5.21 Å². The minimum Gasteiger partial charge on any atom is -0.378 e. The number of nitrogens with zero attached hydrogens (tertiary/aromatic N) is 3. The molecular weight excluding hydrogens is 282 g/mol. The van der Waals surface area contributed by atoms with E-state index in [-0.39, 0.29) is 6.04 Å². The van der Waals surface area contributed by atoms with Crippen molar-refractivity contribution in [1.29, 1.82) is 0 Å². The third-order valence-corrected chi connectivity index (χ3v) is 4.38. The minimum absolute atomic E-state index is 0.260. The molecule has 0 aliphatic heterocycles. The molecule has 0 amide bonds. The number of aryl methyl sites for hydroxylation is 2. The summed E-state index contributed by atoms with van der Waals surface area (Å²) in [5, 5.41) is 17.6. The molecule has 0 saturated carbocycles. The third kappa shape index (κ3) is 2.95. The van der Waals surface area contributed by atoms with Gasteiger partial charge in [0.2, 0.25) is 5.82 Å². The molecule has 108 valence electrons. The highest BCUT2D eigenvalue weighted by molar-refractivity contribution is 7.12. The van der Waals surface area contributed by atoms with Crippen LogP contribution < -0.4 is 5.32 Å². The van der Waals surface area contributed by atoms with Crippen LogP contribution in [0.5, 0.6) is 0 Å². The second-order valence-corrected chi connectivity index (χ2v) is 6.51. The number of rotatable bonds is 4. The number of tetrazole rings is 1. The molecule has 0 spiro atoms. The summed E-state index contributed by atoms with van der Waals surface area (Å²) < 4.78 is 0. The Morgan fingerprint density at radius 3 is 2.76 bits per heavy atom. The van der Waals surface area contributed by atoms with Crippen molar-refractivity contribution in [2.75, 3.05) is 5.32 Å². The van der Waals surface area contributed by atoms with E-state index >= 15 is 0 Å². The summed E-state index contributed by atoms with van der Waals surface area (Å²) in [6, 6.07) is 10.6. The van der Waals surface area contributed by atoms with Crippen molar-refractivity contribution in [1.82, 2.24) is 20.6 Å². The lowest BCUT2D eigenvalue weighted by atomic mass is 10.1. The van der Waals surface area contributed by atoms with Gasteiger partial charge < -0.3 is 5.32 Å². The SMILES string of the molecule is Cc1cc(C(C)Nc2cccc(-c3nn[nH]n3)c2)c(C)s1. The smallest absolute Gasteiger partial charge is 0.204 e. The number of hydrogen-bond donors (Lipinski definition) is 2. The normalized spacial score (nSPS) is 12.3. The molecule has 1 unspecified atom stereocenters. The Labute approximate surface area is 127 Å². The van der Waals surface area contributed by atoms with Crippen molar-refractivity contribution in [3.8, 4) is 11.4 Å². The van der Waals surface area contributed by atoms with Crippen molar-refractivity contribution in [3.05, 3.63) is 45.6 Å². The first-order valence-corrected chi connectivity index (χ1v) is 7.62. The first kappa shape index (κ1) is 13.8. The summed E-state index contributed by atoms with van der Waals surface area (Å²) in [7, 11) is 0. The molecule has 6 heteroatoms. The van der Waals surface area contributed by atoms with Gasteiger partial charge in [-0.15, -0.1) is 21.5 Å². The standard InChI is InChI=1S/C15H17N5S/c1-9-7-14(11(3)21-9)10(2)16-13-6-4-5-12(8-13)15-17-19-20-18-15/h4-8,10,16H,1-3H3,(H,17,18,19,20). The summed E-state index contributed by atoms with van der Waals surface area (Å²) in [5.74, 6) is 0.605. The molecule has 0 aliphatic rings. The van der Waals surface area contributed by atoms with Crippen LogP contribution in [0.1, 0.15) is 28.3 Å². The van der Waals surface area contributed by atoms with Gasteiger partial charge in [-0.25, -0.2) is 0 Å². The van der Waals surface area contributed by atoms with Crippen LogP contribution >= 0.6 is 11.3 Å². The molecule has 0 radical (unpaired) electrons. The van der Waals surface area contributed by atoms with Crippen molar-refractivity contribution in [2.24, 2.45) is 0 Å². The van der Waals surface area contributed by atoms with Gasteiger partial charge >= 0.3 is 0 Å². The summed E-state index contributed by atoms with van der Waals surface area (Å²) in [6.45, 7) is 6.49. The zero-order valence-electron chi connectivity index (χ0n) is 12.2. The second-order valence-electron chi connectivity index (χ2n) is 5.05. The number of aromatic amines is 1. The lowest BCUT2D eigenvalue weighted by molar-refractivity contribution is 0.881. The number of hydrogen-bond acceptors (Lipinski definition) is 5. The quantitative estimate of drug-likeness (QED) is 0.770. The van der Waals surface area contributed by atoms with E-state index in [1.165, 1.54) is 15.3 Å². The van der Waals surface area contributed by atoms with Crippen molar-refractivity contribution in [2.45, 2.75) is 26.8 Å². The van der Waals surface area contributed by atoms with E-state index < -0.39 is 0 Å². The Hall–Kier alpha value is -2.21. The molecule has 0 saturated heterocycles. The van der Waals surface area contributed by atoms with Crippen molar-refractivity contribution >= 4 is 17.0 Å². The largest absolute Gasteiger partial charge is 0.378 e. The van der Waals surface area contributed by atoms with E-state index in [9.17, 15) is 0 Å². The fourth-order valence-corrected chi connectivity index (χ4v) is 3.46. The van der Waals surface area contributed by atoms with Crippen LogP contribution in [0.3, 0.4) is 0 Å². The average Bonchev–Trinajstić information content (AvgIpc) is 3.08. The second kappa shape index (κ2) is 5.65. The molecule has 1 aromatic carbocycles. The number of nitrogens with one attached hydrogen (secondary N) is 2. The average molecular weight is 299 g/mol. The van der Waals surface area contributed by atoms with Crippen molar-refractivity contribution < 1.29 is 0 Å². The van der Waals surface area contributed by atoms with E-state index in [0.29, 0.717) is 5.82 Å².